The zero-order chi connectivity index (χ0) is 24.1. The summed E-state index contributed by atoms with van der Waals surface area (Å²) in [5.41, 5.74) is 1.46. The van der Waals surface area contributed by atoms with E-state index in [4.69, 9.17) is 37.4 Å². The number of hydrogen-bond donors (Lipinski definition) is 0. The third-order valence-corrected chi connectivity index (χ3v) is 6.04. The van der Waals surface area contributed by atoms with Gasteiger partial charge in [0, 0.05) is 0 Å². The highest BCUT2D eigenvalue weighted by molar-refractivity contribution is 8.18. The molecule has 0 spiro atoms. The molecule has 1 saturated heterocycles. The lowest BCUT2D eigenvalue weighted by Gasteiger charge is -2.13. The summed E-state index contributed by atoms with van der Waals surface area (Å²) in [4.78, 5) is 37.7. The highest BCUT2D eigenvalue weighted by Gasteiger charge is 2.36. The molecule has 0 atom stereocenters. The molecule has 1 aliphatic heterocycles. The van der Waals surface area contributed by atoms with Crippen molar-refractivity contribution in [1.82, 2.24) is 4.90 Å². The first-order chi connectivity index (χ1) is 15.7. The number of carbonyl (C=O) groups is 3. The van der Waals surface area contributed by atoms with Crippen LogP contribution in [0.15, 0.2) is 41.3 Å². The van der Waals surface area contributed by atoms with Crippen LogP contribution in [0.2, 0.25) is 10.0 Å². The lowest BCUT2D eigenvalue weighted by molar-refractivity contribution is -0.149. The first-order valence-electron chi connectivity index (χ1n) is 9.87. The zero-order valence-electron chi connectivity index (χ0n) is 18.1. The number of benzene rings is 2. The third-order valence-electron chi connectivity index (χ3n) is 4.39. The molecule has 174 valence electrons. The van der Waals surface area contributed by atoms with Gasteiger partial charge >= 0.3 is 5.97 Å². The highest BCUT2D eigenvalue weighted by atomic mass is 35.5. The number of imide groups is 1. The molecule has 2 aromatic rings. The summed E-state index contributed by atoms with van der Waals surface area (Å²) in [5, 5.41) is 0.371. The molecule has 1 aliphatic rings. The van der Waals surface area contributed by atoms with E-state index < -0.39 is 23.7 Å². The van der Waals surface area contributed by atoms with Gasteiger partial charge in [0.15, 0.2) is 11.5 Å². The van der Waals surface area contributed by atoms with Crippen molar-refractivity contribution in [1.29, 1.82) is 0 Å². The number of hydrogen-bond acceptors (Lipinski definition) is 7. The Hall–Kier alpha value is -2.68. The largest absolute Gasteiger partial charge is 0.493 e. The molecular weight excluding hydrogens is 489 g/mol. The minimum absolute atomic E-state index is 0.198. The number of carbonyl (C=O) groups excluding carboxylic acids is 3. The van der Waals surface area contributed by atoms with Gasteiger partial charge in [-0.3, -0.25) is 19.3 Å². The molecule has 1 fully saturated rings. The van der Waals surface area contributed by atoms with Crippen molar-refractivity contribution in [3.63, 3.8) is 0 Å². The highest BCUT2D eigenvalue weighted by Crippen LogP contribution is 2.35. The van der Waals surface area contributed by atoms with Crippen LogP contribution in [0.25, 0.3) is 6.08 Å². The lowest BCUT2D eigenvalue weighted by Crippen LogP contribution is -2.35. The van der Waals surface area contributed by atoms with Gasteiger partial charge in [-0.1, -0.05) is 35.3 Å². The van der Waals surface area contributed by atoms with Crippen molar-refractivity contribution >= 4 is 58.2 Å². The Bertz CT molecular complexity index is 1120. The predicted molar refractivity (Wildman–Crippen MR) is 128 cm³/mol. The summed E-state index contributed by atoms with van der Waals surface area (Å²) in [5.74, 6) is -0.253. The van der Waals surface area contributed by atoms with Gasteiger partial charge in [0.05, 0.1) is 28.2 Å². The van der Waals surface area contributed by atoms with Crippen LogP contribution in [0.4, 0.5) is 4.79 Å². The lowest BCUT2D eigenvalue weighted by atomic mass is 10.1. The van der Waals surface area contributed by atoms with E-state index in [1.807, 2.05) is 6.07 Å². The fourth-order valence-corrected chi connectivity index (χ4v) is 4.06. The van der Waals surface area contributed by atoms with Gasteiger partial charge in [0.1, 0.15) is 13.2 Å². The zero-order valence-corrected chi connectivity index (χ0v) is 20.4. The Labute approximate surface area is 205 Å². The van der Waals surface area contributed by atoms with Crippen LogP contribution in [-0.2, 0) is 20.9 Å². The maximum Gasteiger partial charge on any atom is 0.326 e. The van der Waals surface area contributed by atoms with Crippen LogP contribution < -0.4 is 9.47 Å². The van der Waals surface area contributed by atoms with Crippen LogP contribution in [0.5, 0.6) is 11.5 Å². The molecule has 0 N–H and O–H groups in total. The minimum atomic E-state index is -0.640. The number of esters is 1. The Morgan fingerprint density at radius 1 is 1.09 bits per heavy atom. The minimum Gasteiger partial charge on any atom is -0.493 e. The number of halogens is 2. The first kappa shape index (κ1) is 25.0. The first-order valence-corrected chi connectivity index (χ1v) is 11.4. The molecule has 0 saturated carbocycles. The normalized spacial score (nSPS) is 14.8. The molecule has 7 nitrogen and oxygen atoms in total. The monoisotopic (exact) mass is 509 g/mol. The van der Waals surface area contributed by atoms with Crippen LogP contribution >= 0.6 is 35.0 Å². The fraction of sp³-hybridized carbons (Fsp3) is 0.261. The number of nitrogens with zero attached hydrogens (tertiary/aromatic N) is 1. The van der Waals surface area contributed by atoms with Gasteiger partial charge in [-0.05, 0) is 67.1 Å². The number of thioether (sulfide) groups is 1. The maximum atomic E-state index is 12.6. The number of ether oxygens (including phenoxy) is 3. The molecule has 0 bridgehead atoms. The molecule has 0 unspecified atom stereocenters. The summed E-state index contributed by atoms with van der Waals surface area (Å²) in [6.07, 6.45) is 1.22. The maximum absolute atomic E-state index is 12.6. The number of amides is 2. The van der Waals surface area contributed by atoms with Gasteiger partial charge in [0.25, 0.3) is 11.1 Å². The van der Waals surface area contributed by atoms with E-state index >= 15 is 0 Å². The third kappa shape index (κ3) is 6.43. The predicted octanol–water partition coefficient (Wildman–Crippen LogP) is 5.57. The van der Waals surface area contributed by atoms with Crippen molar-refractivity contribution in [2.45, 2.75) is 26.6 Å². The topological polar surface area (TPSA) is 82.1 Å². The van der Waals surface area contributed by atoms with E-state index in [-0.39, 0.29) is 17.6 Å². The van der Waals surface area contributed by atoms with Gasteiger partial charge < -0.3 is 14.2 Å². The Kier molecular flexibility index (Phi) is 8.29. The quantitative estimate of drug-likeness (QED) is 0.339. The van der Waals surface area contributed by atoms with E-state index in [1.54, 1.807) is 50.3 Å². The van der Waals surface area contributed by atoms with Crippen LogP contribution in [0.1, 0.15) is 25.0 Å². The second-order valence-corrected chi connectivity index (χ2v) is 9.06. The molecule has 0 radical (unpaired) electrons. The average molecular weight is 510 g/mol. The summed E-state index contributed by atoms with van der Waals surface area (Å²) < 4.78 is 16.3. The summed E-state index contributed by atoms with van der Waals surface area (Å²) in [7, 11) is 1.50. The van der Waals surface area contributed by atoms with Gasteiger partial charge in [-0.2, -0.15) is 0 Å². The molecule has 2 aromatic carbocycles. The van der Waals surface area contributed by atoms with E-state index in [9.17, 15) is 14.4 Å². The van der Waals surface area contributed by atoms with Crippen molar-refractivity contribution < 1.29 is 28.6 Å². The Balaban J connectivity index is 1.72. The van der Waals surface area contributed by atoms with E-state index in [1.165, 1.54) is 7.11 Å². The summed E-state index contributed by atoms with van der Waals surface area (Å²) in [6, 6.07) is 10.3. The second-order valence-electron chi connectivity index (χ2n) is 7.25. The van der Waals surface area contributed by atoms with Crippen molar-refractivity contribution in [3.8, 4) is 11.5 Å². The van der Waals surface area contributed by atoms with Gasteiger partial charge in [-0.25, -0.2) is 0 Å². The number of methoxy groups -OCH3 is 1. The average Bonchev–Trinajstić information content (AvgIpc) is 3.01. The fourth-order valence-electron chi connectivity index (χ4n) is 2.90. The summed E-state index contributed by atoms with van der Waals surface area (Å²) in [6.45, 7) is 3.21. The van der Waals surface area contributed by atoms with Crippen molar-refractivity contribution in [3.05, 3.63) is 62.5 Å². The molecule has 2 amide bonds. The Morgan fingerprint density at radius 2 is 1.85 bits per heavy atom. The summed E-state index contributed by atoms with van der Waals surface area (Å²) >= 11 is 12.7. The van der Waals surface area contributed by atoms with Crippen LogP contribution in [0, 0.1) is 0 Å². The molecule has 33 heavy (non-hydrogen) atoms. The molecule has 3 rings (SSSR count). The SMILES string of the molecule is COc1cc(/C=C2/SC(=O)N(CC(=O)OC(C)C)C2=O)ccc1OCc1ccc(Cl)c(Cl)c1. The van der Waals surface area contributed by atoms with Crippen molar-refractivity contribution in [2.24, 2.45) is 0 Å². The van der Waals surface area contributed by atoms with E-state index in [2.05, 4.69) is 0 Å². The smallest absolute Gasteiger partial charge is 0.326 e. The molecule has 1 heterocycles. The van der Waals surface area contributed by atoms with Gasteiger partial charge in [-0.15, -0.1) is 0 Å². The Morgan fingerprint density at radius 3 is 2.52 bits per heavy atom. The second kappa shape index (κ2) is 11.0. The van der Waals surface area contributed by atoms with Crippen molar-refractivity contribution in [2.75, 3.05) is 13.7 Å². The van der Waals surface area contributed by atoms with E-state index in [0.29, 0.717) is 27.1 Å². The molecule has 0 aromatic heterocycles. The van der Waals surface area contributed by atoms with Gasteiger partial charge in [0.2, 0.25) is 0 Å². The number of rotatable bonds is 8. The molecule has 10 heteroatoms. The molecular formula is C23H21Cl2NO6S. The standard InChI is InChI=1S/C23H21Cl2NO6S/c1-13(2)32-21(27)11-26-22(28)20(33-23(26)29)10-14-5-7-18(19(9-14)30-3)31-12-15-4-6-16(24)17(25)8-15/h4-10,13H,11-12H2,1-3H3/b20-10+. The van der Waals surface area contributed by atoms with Crippen LogP contribution in [0.3, 0.4) is 0 Å². The van der Waals surface area contributed by atoms with E-state index in [0.717, 1.165) is 22.2 Å². The molecule has 0 aliphatic carbocycles. The van der Waals surface area contributed by atoms with Crippen LogP contribution in [-0.4, -0.2) is 41.8 Å².